The van der Waals surface area contributed by atoms with E-state index in [-0.39, 0.29) is 17.5 Å². The highest BCUT2D eigenvalue weighted by Crippen LogP contribution is 2.32. The molecule has 2 heterocycles. The summed E-state index contributed by atoms with van der Waals surface area (Å²) in [4.78, 5) is 25.3. The fraction of sp³-hybridized carbons (Fsp3) is 0. The van der Waals surface area contributed by atoms with Gasteiger partial charge >= 0.3 is 0 Å². The molecule has 5 nitrogen and oxygen atoms in total. The number of nitrogens with one attached hydrogen (secondary N) is 1. The molecule has 0 aliphatic rings. The Morgan fingerprint density at radius 2 is 1.67 bits per heavy atom. The van der Waals surface area contributed by atoms with Crippen molar-refractivity contribution >= 4 is 34.4 Å². The summed E-state index contributed by atoms with van der Waals surface area (Å²) in [5.41, 5.74) is 1.37. The molecule has 5 heteroatoms. The predicted octanol–water partition coefficient (Wildman–Crippen LogP) is 4.91. The van der Waals surface area contributed by atoms with E-state index in [1.165, 1.54) is 12.3 Å². The third kappa shape index (κ3) is 3.43. The minimum atomic E-state index is -0.389. The Kier molecular flexibility index (Phi) is 4.41. The lowest BCUT2D eigenvalue weighted by atomic mass is 10.1. The summed E-state index contributed by atoms with van der Waals surface area (Å²) in [7, 11) is 0. The average Bonchev–Trinajstić information content (AvgIpc) is 3.35. The van der Waals surface area contributed by atoms with Gasteiger partial charge in [0.1, 0.15) is 11.3 Å². The quantitative estimate of drug-likeness (QED) is 0.407. The van der Waals surface area contributed by atoms with Crippen LogP contribution in [0, 0.1) is 0 Å². The van der Waals surface area contributed by atoms with Crippen LogP contribution in [0.5, 0.6) is 0 Å². The molecule has 0 aliphatic heterocycles. The lowest BCUT2D eigenvalue weighted by molar-refractivity contribution is -0.111. The fourth-order valence-electron chi connectivity index (χ4n) is 2.76. The third-order valence-electron chi connectivity index (χ3n) is 4.03. The van der Waals surface area contributed by atoms with E-state index in [0.717, 1.165) is 0 Å². The van der Waals surface area contributed by atoms with E-state index in [4.69, 9.17) is 8.83 Å². The van der Waals surface area contributed by atoms with Crippen molar-refractivity contribution in [2.75, 3.05) is 5.32 Å². The van der Waals surface area contributed by atoms with Gasteiger partial charge in [-0.15, -0.1) is 0 Å². The van der Waals surface area contributed by atoms with Crippen LogP contribution in [0.15, 0.2) is 87.9 Å². The second-order valence-corrected chi connectivity index (χ2v) is 5.84. The van der Waals surface area contributed by atoms with Gasteiger partial charge in [-0.1, -0.05) is 42.5 Å². The molecule has 132 valence electrons. The van der Waals surface area contributed by atoms with Crippen molar-refractivity contribution in [2.45, 2.75) is 0 Å². The Hall–Kier alpha value is -3.86. The number of anilines is 1. The Labute approximate surface area is 154 Å². The molecule has 0 saturated carbocycles. The molecule has 0 fully saturated rings. The normalized spacial score (nSPS) is 11.1. The molecule has 0 saturated heterocycles. The van der Waals surface area contributed by atoms with Gasteiger partial charge in [-0.05, 0) is 30.3 Å². The van der Waals surface area contributed by atoms with Gasteiger partial charge in [0.25, 0.3) is 0 Å². The minimum absolute atomic E-state index is 0.0992. The van der Waals surface area contributed by atoms with Crippen molar-refractivity contribution in [2.24, 2.45) is 0 Å². The number of hydrogen-bond acceptors (Lipinski definition) is 4. The lowest BCUT2D eigenvalue weighted by Gasteiger charge is -2.03. The van der Waals surface area contributed by atoms with Crippen LogP contribution in [0.4, 0.5) is 5.69 Å². The van der Waals surface area contributed by atoms with E-state index in [0.29, 0.717) is 28.0 Å². The number of amides is 1. The smallest absolute Gasteiger partial charge is 0.248 e. The van der Waals surface area contributed by atoms with E-state index in [2.05, 4.69) is 5.32 Å². The molecule has 0 radical (unpaired) electrons. The first-order valence-corrected chi connectivity index (χ1v) is 8.36. The second kappa shape index (κ2) is 7.17. The van der Waals surface area contributed by atoms with Crippen molar-refractivity contribution in [1.29, 1.82) is 0 Å². The number of ketones is 1. The van der Waals surface area contributed by atoms with Crippen LogP contribution in [0.2, 0.25) is 0 Å². The lowest BCUT2D eigenvalue weighted by Crippen LogP contribution is -2.11. The third-order valence-corrected chi connectivity index (χ3v) is 4.03. The number of hydrogen-bond donors (Lipinski definition) is 1. The summed E-state index contributed by atoms with van der Waals surface area (Å²) in [6, 6.07) is 19.5. The summed E-state index contributed by atoms with van der Waals surface area (Å²) < 4.78 is 10.9. The molecule has 1 N–H and O–H groups in total. The highest BCUT2D eigenvalue weighted by atomic mass is 16.3. The van der Waals surface area contributed by atoms with Gasteiger partial charge in [-0.3, -0.25) is 9.59 Å². The summed E-state index contributed by atoms with van der Waals surface area (Å²) in [5.74, 6) is -0.0258. The van der Waals surface area contributed by atoms with Crippen LogP contribution >= 0.6 is 0 Å². The molecule has 0 bridgehead atoms. The molecule has 0 spiro atoms. The summed E-state index contributed by atoms with van der Waals surface area (Å²) >= 11 is 0. The van der Waals surface area contributed by atoms with Crippen molar-refractivity contribution in [3.05, 3.63) is 96.2 Å². The molecule has 0 aliphatic carbocycles. The number of benzene rings is 2. The van der Waals surface area contributed by atoms with Crippen LogP contribution in [-0.4, -0.2) is 11.7 Å². The van der Waals surface area contributed by atoms with E-state index in [1.54, 1.807) is 54.6 Å². The zero-order chi connectivity index (χ0) is 18.6. The van der Waals surface area contributed by atoms with Crippen LogP contribution < -0.4 is 5.32 Å². The highest BCUT2D eigenvalue weighted by Gasteiger charge is 2.22. The summed E-state index contributed by atoms with van der Waals surface area (Å²) in [5, 5.41) is 3.43. The van der Waals surface area contributed by atoms with Gasteiger partial charge in [0.2, 0.25) is 11.7 Å². The van der Waals surface area contributed by atoms with Crippen molar-refractivity contribution in [3.63, 3.8) is 0 Å². The molecule has 1 amide bonds. The minimum Gasteiger partial charge on any atom is -0.465 e. The standard InChI is InChI=1S/C22H15NO4/c24-19(13-12-16-9-6-14-26-16)23-20-17-10-4-5-11-18(17)27-22(20)21(25)15-7-2-1-3-8-15/h1-14H,(H,23,24). The second-order valence-electron chi connectivity index (χ2n) is 5.84. The maximum absolute atomic E-state index is 12.9. The number of fused-ring (bicyclic) bond motifs is 1. The van der Waals surface area contributed by atoms with Crippen LogP contribution in [0.1, 0.15) is 21.9 Å². The summed E-state index contributed by atoms with van der Waals surface area (Å²) in [6.07, 6.45) is 4.42. The Bertz CT molecular complexity index is 1120. The van der Waals surface area contributed by atoms with Gasteiger partial charge < -0.3 is 14.2 Å². The first kappa shape index (κ1) is 16.6. The fourth-order valence-corrected chi connectivity index (χ4v) is 2.76. The molecular weight excluding hydrogens is 342 g/mol. The molecule has 2 aromatic carbocycles. The van der Waals surface area contributed by atoms with Gasteiger partial charge in [0, 0.05) is 17.0 Å². The molecule has 2 aromatic heterocycles. The highest BCUT2D eigenvalue weighted by molar-refractivity contribution is 6.18. The Balaban J connectivity index is 1.70. The molecule has 4 rings (SSSR count). The van der Waals surface area contributed by atoms with E-state index in [9.17, 15) is 9.59 Å². The molecular formula is C22H15NO4. The monoisotopic (exact) mass is 357 g/mol. The van der Waals surface area contributed by atoms with Crippen molar-refractivity contribution in [1.82, 2.24) is 0 Å². The molecule has 4 aromatic rings. The predicted molar refractivity (Wildman–Crippen MR) is 102 cm³/mol. The van der Waals surface area contributed by atoms with E-state index < -0.39 is 0 Å². The maximum Gasteiger partial charge on any atom is 0.248 e. The number of para-hydroxylation sites is 1. The molecule has 0 unspecified atom stereocenters. The van der Waals surface area contributed by atoms with E-state index >= 15 is 0 Å². The average molecular weight is 357 g/mol. The zero-order valence-electron chi connectivity index (χ0n) is 14.2. The molecule has 27 heavy (non-hydrogen) atoms. The van der Waals surface area contributed by atoms with Crippen molar-refractivity contribution in [3.8, 4) is 0 Å². The topological polar surface area (TPSA) is 72.5 Å². The Morgan fingerprint density at radius 3 is 2.44 bits per heavy atom. The first-order valence-electron chi connectivity index (χ1n) is 8.36. The SMILES string of the molecule is O=C(C=Cc1ccco1)Nc1c(C(=O)c2ccccc2)oc2ccccc12. The van der Waals surface area contributed by atoms with Crippen LogP contribution in [0.3, 0.4) is 0 Å². The zero-order valence-corrected chi connectivity index (χ0v) is 14.2. The number of carbonyl (C=O) groups excluding carboxylic acids is 2. The molecule has 0 atom stereocenters. The maximum atomic E-state index is 12.9. The van der Waals surface area contributed by atoms with Crippen molar-refractivity contribution < 1.29 is 18.4 Å². The number of furan rings is 2. The van der Waals surface area contributed by atoms with Gasteiger partial charge in [0.15, 0.2) is 5.76 Å². The van der Waals surface area contributed by atoms with Crippen LogP contribution in [0.25, 0.3) is 17.0 Å². The largest absolute Gasteiger partial charge is 0.465 e. The van der Waals surface area contributed by atoms with Gasteiger partial charge in [0.05, 0.1) is 12.0 Å². The number of rotatable bonds is 5. The Morgan fingerprint density at radius 1 is 0.889 bits per heavy atom. The van der Waals surface area contributed by atoms with Gasteiger partial charge in [-0.25, -0.2) is 0 Å². The summed E-state index contributed by atoms with van der Waals surface area (Å²) in [6.45, 7) is 0. The number of carbonyl (C=O) groups is 2. The first-order chi connectivity index (χ1) is 13.2. The van der Waals surface area contributed by atoms with Crippen LogP contribution in [-0.2, 0) is 4.79 Å². The van der Waals surface area contributed by atoms with Gasteiger partial charge in [-0.2, -0.15) is 0 Å². The van der Waals surface area contributed by atoms with E-state index in [1.807, 2.05) is 18.2 Å².